The Kier molecular flexibility index (Phi) is 4.15. The molecule has 0 aliphatic heterocycles. The lowest BCUT2D eigenvalue weighted by Crippen LogP contribution is -2.16. The first kappa shape index (κ1) is 11.9. The van der Waals surface area contributed by atoms with E-state index >= 15 is 0 Å². The second-order valence-electron chi connectivity index (χ2n) is 2.18. The summed E-state index contributed by atoms with van der Waals surface area (Å²) in [6.07, 6.45) is 0.865. The van der Waals surface area contributed by atoms with Crippen LogP contribution in [0.4, 0.5) is 0 Å². The molecule has 0 bridgehead atoms. The fourth-order valence-corrected chi connectivity index (χ4v) is 1.45. The zero-order chi connectivity index (χ0) is 9.83. The van der Waals surface area contributed by atoms with Gasteiger partial charge in [0.25, 0.3) is 10.1 Å². The second-order valence-corrected chi connectivity index (χ2v) is 6.13. The molecule has 0 aliphatic rings. The third kappa shape index (κ3) is 6.56. The molecule has 5 nitrogen and oxygen atoms in total. The van der Waals surface area contributed by atoms with Crippen molar-refractivity contribution in [2.75, 3.05) is 24.4 Å². The average molecular weight is 215 g/mol. The Hall–Kier alpha value is -0.140. The molecule has 0 rings (SSSR count). The van der Waals surface area contributed by atoms with Gasteiger partial charge < -0.3 is 0 Å². The molecule has 0 saturated heterocycles. The molecule has 0 saturated carbocycles. The molecule has 0 aromatic heterocycles. The maximum Gasteiger partial charge on any atom is 0.264 e. The first-order valence-corrected chi connectivity index (χ1v) is 6.75. The molecule has 0 spiro atoms. The molecule has 1 radical (unpaired) electrons. The fourth-order valence-electron chi connectivity index (χ4n) is 0.414. The topological polar surface area (TPSA) is 77.5 Å². The van der Waals surface area contributed by atoms with Crippen molar-refractivity contribution in [2.24, 2.45) is 0 Å². The Morgan fingerprint density at radius 3 is 2.08 bits per heavy atom. The summed E-state index contributed by atoms with van der Waals surface area (Å²) in [7, 11) is -6.78. The summed E-state index contributed by atoms with van der Waals surface area (Å²) in [5, 5.41) is 0. The summed E-state index contributed by atoms with van der Waals surface area (Å²) in [5.74, 6) is -0.566. The maximum atomic E-state index is 10.7. The van der Waals surface area contributed by atoms with Crippen molar-refractivity contribution < 1.29 is 21.0 Å². The Morgan fingerprint density at radius 1 is 1.25 bits per heavy atom. The Bertz CT molecular complexity index is 312. The summed E-state index contributed by atoms with van der Waals surface area (Å²) in [6.45, 7) is 2.84. The van der Waals surface area contributed by atoms with Crippen LogP contribution in [0.5, 0.6) is 0 Å². The molecule has 0 fully saturated rings. The Balaban J connectivity index is 3.89. The van der Waals surface area contributed by atoms with Crippen molar-refractivity contribution in [2.45, 2.75) is 0 Å². The highest BCUT2D eigenvalue weighted by atomic mass is 32.2. The van der Waals surface area contributed by atoms with E-state index in [1.165, 1.54) is 0 Å². The molecule has 0 atom stereocenters. The van der Waals surface area contributed by atoms with E-state index in [0.29, 0.717) is 0 Å². The van der Waals surface area contributed by atoms with Crippen LogP contribution in [0, 0.1) is 6.92 Å². The van der Waals surface area contributed by atoms with Crippen LogP contribution in [0.3, 0.4) is 0 Å². The third-order valence-electron chi connectivity index (χ3n) is 1.00. The van der Waals surface area contributed by atoms with E-state index in [9.17, 15) is 16.8 Å². The maximum absolute atomic E-state index is 10.7. The van der Waals surface area contributed by atoms with Gasteiger partial charge in [-0.2, -0.15) is 8.42 Å². The van der Waals surface area contributed by atoms with E-state index in [2.05, 4.69) is 11.1 Å². The van der Waals surface area contributed by atoms with Crippen LogP contribution in [0.25, 0.3) is 0 Å². The highest BCUT2D eigenvalue weighted by Crippen LogP contribution is 1.92. The van der Waals surface area contributed by atoms with Gasteiger partial charge in [0.05, 0.1) is 24.4 Å². The van der Waals surface area contributed by atoms with Gasteiger partial charge in [-0.05, 0) is 6.92 Å². The summed E-state index contributed by atoms with van der Waals surface area (Å²) < 4.78 is 46.5. The van der Waals surface area contributed by atoms with Gasteiger partial charge >= 0.3 is 0 Å². The standard InChI is InChI=1S/C5H11O5S2/c1-3-12(8,9)5-4-10-11(2,6)7/h1,3-5H2,2H3. The van der Waals surface area contributed by atoms with Crippen LogP contribution in [0.1, 0.15) is 0 Å². The van der Waals surface area contributed by atoms with Crippen LogP contribution in [-0.4, -0.2) is 41.2 Å². The van der Waals surface area contributed by atoms with Crippen LogP contribution in [-0.2, 0) is 24.1 Å². The van der Waals surface area contributed by atoms with Crippen LogP contribution >= 0.6 is 0 Å². The van der Waals surface area contributed by atoms with Gasteiger partial charge in [0, 0.05) is 0 Å². The molecule has 0 aromatic carbocycles. The van der Waals surface area contributed by atoms with Gasteiger partial charge in [0.15, 0.2) is 9.84 Å². The highest BCUT2D eigenvalue weighted by Gasteiger charge is 2.09. The van der Waals surface area contributed by atoms with E-state index in [1.807, 2.05) is 0 Å². The predicted molar refractivity (Wildman–Crippen MR) is 44.8 cm³/mol. The van der Waals surface area contributed by atoms with E-state index in [-0.39, 0.29) is 18.1 Å². The summed E-state index contributed by atoms with van der Waals surface area (Å²) in [6, 6.07) is 0. The molecule has 0 aromatic rings. The molecule has 0 aliphatic carbocycles. The van der Waals surface area contributed by atoms with Crippen molar-refractivity contribution in [3.8, 4) is 0 Å². The molecule has 0 unspecified atom stereocenters. The van der Waals surface area contributed by atoms with Gasteiger partial charge in [-0.1, -0.05) is 0 Å². The van der Waals surface area contributed by atoms with E-state index < -0.39 is 20.0 Å². The Labute approximate surface area is 72.8 Å². The first-order valence-electron chi connectivity index (χ1n) is 3.11. The van der Waals surface area contributed by atoms with Crippen LogP contribution < -0.4 is 0 Å². The SMILES string of the molecule is [CH2]CS(=O)(=O)CCOS(C)(=O)=O. The lowest BCUT2D eigenvalue weighted by atomic mass is 10.9. The molecular weight excluding hydrogens is 204 g/mol. The van der Waals surface area contributed by atoms with Gasteiger partial charge in [-0.15, -0.1) is 0 Å². The summed E-state index contributed by atoms with van der Waals surface area (Å²) in [4.78, 5) is 0. The average Bonchev–Trinajstić information content (AvgIpc) is 1.84. The molecular formula is C5H11O5S2. The first-order chi connectivity index (χ1) is 5.27. The van der Waals surface area contributed by atoms with Crippen molar-refractivity contribution >= 4 is 20.0 Å². The van der Waals surface area contributed by atoms with Crippen LogP contribution in [0.2, 0.25) is 0 Å². The third-order valence-corrected chi connectivity index (χ3v) is 3.01. The van der Waals surface area contributed by atoms with Crippen molar-refractivity contribution in [3.63, 3.8) is 0 Å². The molecule has 73 valence electrons. The number of hydrogen-bond acceptors (Lipinski definition) is 5. The minimum absolute atomic E-state index is 0.250. The van der Waals surface area contributed by atoms with Crippen LogP contribution in [0.15, 0.2) is 0 Å². The number of sulfone groups is 1. The summed E-state index contributed by atoms with van der Waals surface area (Å²) in [5.41, 5.74) is 0. The smallest absolute Gasteiger partial charge is 0.264 e. The monoisotopic (exact) mass is 215 g/mol. The molecule has 0 amide bonds. The van der Waals surface area contributed by atoms with Crippen molar-refractivity contribution in [1.82, 2.24) is 0 Å². The van der Waals surface area contributed by atoms with Gasteiger partial charge in [0.2, 0.25) is 0 Å². The van der Waals surface area contributed by atoms with E-state index in [0.717, 1.165) is 6.26 Å². The van der Waals surface area contributed by atoms with E-state index in [1.54, 1.807) is 0 Å². The number of hydrogen-bond donors (Lipinski definition) is 0. The molecule has 7 heteroatoms. The quantitative estimate of drug-likeness (QED) is 0.562. The van der Waals surface area contributed by atoms with Crippen molar-refractivity contribution in [3.05, 3.63) is 6.92 Å². The predicted octanol–water partition coefficient (Wildman–Crippen LogP) is -0.789. The normalized spacial score (nSPS) is 13.2. The molecule has 12 heavy (non-hydrogen) atoms. The Morgan fingerprint density at radius 2 is 1.75 bits per heavy atom. The minimum Gasteiger partial charge on any atom is -0.269 e. The zero-order valence-corrected chi connectivity index (χ0v) is 8.32. The number of rotatable bonds is 5. The van der Waals surface area contributed by atoms with Gasteiger partial charge in [-0.25, -0.2) is 8.42 Å². The van der Waals surface area contributed by atoms with E-state index in [4.69, 9.17) is 0 Å². The summed E-state index contributed by atoms with van der Waals surface area (Å²) >= 11 is 0. The largest absolute Gasteiger partial charge is 0.269 e. The second kappa shape index (κ2) is 4.20. The molecule has 0 heterocycles. The highest BCUT2D eigenvalue weighted by molar-refractivity contribution is 7.91. The molecule has 0 N–H and O–H groups in total. The van der Waals surface area contributed by atoms with Gasteiger partial charge in [0.1, 0.15) is 0 Å². The lowest BCUT2D eigenvalue weighted by molar-refractivity contribution is 0.343. The fraction of sp³-hybridized carbons (Fsp3) is 0.800. The zero-order valence-electron chi connectivity index (χ0n) is 6.69. The minimum atomic E-state index is -3.54. The van der Waals surface area contributed by atoms with Crippen molar-refractivity contribution in [1.29, 1.82) is 0 Å². The lowest BCUT2D eigenvalue weighted by Gasteiger charge is -2.00. The van der Waals surface area contributed by atoms with Gasteiger partial charge in [-0.3, -0.25) is 4.18 Å².